The van der Waals surface area contributed by atoms with Gasteiger partial charge in [0, 0.05) is 25.2 Å². The Bertz CT molecular complexity index is 558. The molecule has 0 heterocycles. The quantitative estimate of drug-likeness (QED) is 0.606. The van der Waals surface area contributed by atoms with Crippen LogP contribution in [-0.2, 0) is 9.53 Å². The van der Waals surface area contributed by atoms with Crippen molar-refractivity contribution in [3.63, 3.8) is 0 Å². The third-order valence-corrected chi connectivity index (χ3v) is 4.28. The highest BCUT2D eigenvalue weighted by atomic mass is 16.5. The van der Waals surface area contributed by atoms with Gasteiger partial charge in [0.15, 0.2) is 0 Å². The lowest BCUT2D eigenvalue weighted by atomic mass is 10.1. The summed E-state index contributed by atoms with van der Waals surface area (Å²) >= 11 is 0. The molecule has 0 bridgehead atoms. The molecule has 1 aromatic carbocycles. The van der Waals surface area contributed by atoms with Crippen molar-refractivity contribution >= 4 is 11.9 Å². The van der Waals surface area contributed by atoms with E-state index in [0.29, 0.717) is 24.4 Å². The number of hydrogen-bond donors (Lipinski definition) is 0. The van der Waals surface area contributed by atoms with Gasteiger partial charge in [0.2, 0.25) is 0 Å². The van der Waals surface area contributed by atoms with Gasteiger partial charge < -0.3 is 19.3 Å². The summed E-state index contributed by atoms with van der Waals surface area (Å²) in [7, 11) is 2.93. The Morgan fingerprint density at radius 3 is 2.36 bits per heavy atom. The second-order valence-corrected chi connectivity index (χ2v) is 5.93. The molecule has 1 atom stereocenters. The Hall–Kier alpha value is -2.08. The Balaban J connectivity index is 2.94. The number of hydrogen-bond acceptors (Lipinski definition) is 5. The van der Waals surface area contributed by atoms with Gasteiger partial charge >= 0.3 is 5.97 Å². The lowest BCUT2D eigenvalue weighted by Gasteiger charge is -2.28. The first-order chi connectivity index (χ1) is 12.0. The summed E-state index contributed by atoms with van der Waals surface area (Å²) in [6.07, 6.45) is 0. The van der Waals surface area contributed by atoms with Crippen LogP contribution in [0.25, 0.3) is 0 Å². The van der Waals surface area contributed by atoms with E-state index in [1.165, 1.54) is 7.11 Å². The molecule has 0 radical (unpaired) electrons. The van der Waals surface area contributed by atoms with E-state index in [1.807, 2.05) is 0 Å². The standard InChI is InChI=1S/C19H30N2O4/c1-6-20(7-2)11-12-21(14-15(3)19(23)25-5)18(22)16-9-8-10-17(13-16)24-4/h8-10,13,15H,6-7,11-12,14H2,1-5H3. The molecular formula is C19H30N2O4. The van der Waals surface area contributed by atoms with Gasteiger partial charge in [-0.3, -0.25) is 9.59 Å². The fourth-order valence-corrected chi connectivity index (χ4v) is 2.62. The number of likely N-dealkylation sites (N-methyl/N-ethyl adjacent to an activating group) is 1. The lowest BCUT2D eigenvalue weighted by Crippen LogP contribution is -2.42. The van der Waals surface area contributed by atoms with E-state index in [2.05, 4.69) is 18.7 Å². The molecule has 1 unspecified atom stereocenters. The molecule has 0 saturated heterocycles. The number of methoxy groups -OCH3 is 2. The Morgan fingerprint density at radius 2 is 1.80 bits per heavy atom. The molecular weight excluding hydrogens is 320 g/mol. The number of ether oxygens (including phenoxy) is 2. The van der Waals surface area contributed by atoms with Crippen molar-refractivity contribution in [3.05, 3.63) is 29.8 Å². The van der Waals surface area contributed by atoms with Crippen LogP contribution < -0.4 is 4.74 Å². The first kappa shape index (κ1) is 21.0. The summed E-state index contributed by atoms with van der Waals surface area (Å²) in [5.41, 5.74) is 0.552. The molecule has 0 aliphatic heterocycles. The summed E-state index contributed by atoms with van der Waals surface area (Å²) in [5, 5.41) is 0. The van der Waals surface area contributed by atoms with Gasteiger partial charge in [-0.25, -0.2) is 0 Å². The normalized spacial score (nSPS) is 11.9. The van der Waals surface area contributed by atoms with Crippen LogP contribution in [0.4, 0.5) is 0 Å². The monoisotopic (exact) mass is 350 g/mol. The van der Waals surface area contributed by atoms with Crippen molar-refractivity contribution in [2.45, 2.75) is 20.8 Å². The number of benzene rings is 1. The van der Waals surface area contributed by atoms with Crippen molar-refractivity contribution in [1.29, 1.82) is 0 Å². The van der Waals surface area contributed by atoms with Crippen LogP contribution in [0, 0.1) is 5.92 Å². The zero-order chi connectivity index (χ0) is 18.8. The van der Waals surface area contributed by atoms with Crippen molar-refractivity contribution in [2.75, 3.05) is 46.9 Å². The SMILES string of the molecule is CCN(CC)CCN(CC(C)C(=O)OC)C(=O)c1cccc(OC)c1. The molecule has 25 heavy (non-hydrogen) atoms. The Labute approximate surface area is 150 Å². The number of nitrogens with zero attached hydrogens (tertiary/aromatic N) is 2. The van der Waals surface area contributed by atoms with E-state index in [9.17, 15) is 9.59 Å². The van der Waals surface area contributed by atoms with Crippen LogP contribution in [-0.4, -0.2) is 68.6 Å². The average Bonchev–Trinajstić information content (AvgIpc) is 2.66. The first-order valence-electron chi connectivity index (χ1n) is 8.70. The first-order valence-corrected chi connectivity index (χ1v) is 8.70. The summed E-state index contributed by atoms with van der Waals surface area (Å²) in [6, 6.07) is 7.07. The summed E-state index contributed by atoms with van der Waals surface area (Å²) in [4.78, 5) is 28.7. The average molecular weight is 350 g/mol. The fraction of sp³-hybridized carbons (Fsp3) is 0.579. The molecule has 0 aliphatic carbocycles. The van der Waals surface area contributed by atoms with E-state index in [-0.39, 0.29) is 17.8 Å². The van der Waals surface area contributed by atoms with Crippen molar-refractivity contribution in [3.8, 4) is 5.75 Å². The highest BCUT2D eigenvalue weighted by Crippen LogP contribution is 2.15. The molecule has 0 fully saturated rings. The van der Waals surface area contributed by atoms with Gasteiger partial charge in [0.25, 0.3) is 5.91 Å². The highest BCUT2D eigenvalue weighted by Gasteiger charge is 2.23. The third kappa shape index (κ3) is 6.38. The maximum absolute atomic E-state index is 12.9. The van der Waals surface area contributed by atoms with Crippen molar-refractivity contribution in [1.82, 2.24) is 9.80 Å². The second-order valence-electron chi connectivity index (χ2n) is 5.93. The molecule has 1 rings (SSSR count). The lowest BCUT2D eigenvalue weighted by molar-refractivity contribution is -0.145. The maximum atomic E-state index is 12.9. The minimum Gasteiger partial charge on any atom is -0.497 e. The summed E-state index contributed by atoms with van der Waals surface area (Å²) in [5.74, 6) is -0.167. The van der Waals surface area contributed by atoms with Gasteiger partial charge in [0.05, 0.1) is 20.1 Å². The Kier molecular flexibility index (Phi) is 8.99. The maximum Gasteiger partial charge on any atom is 0.310 e. The highest BCUT2D eigenvalue weighted by molar-refractivity contribution is 5.94. The molecule has 0 saturated carbocycles. The van der Waals surface area contributed by atoms with E-state index >= 15 is 0 Å². The van der Waals surface area contributed by atoms with Crippen molar-refractivity contribution < 1.29 is 19.1 Å². The molecule has 6 heteroatoms. The molecule has 0 aromatic heterocycles. The van der Waals surface area contributed by atoms with Gasteiger partial charge in [-0.2, -0.15) is 0 Å². The van der Waals surface area contributed by atoms with E-state index in [1.54, 1.807) is 43.2 Å². The number of carbonyl (C=O) groups excluding carboxylic acids is 2. The Morgan fingerprint density at radius 1 is 1.12 bits per heavy atom. The van der Waals surface area contributed by atoms with E-state index in [4.69, 9.17) is 9.47 Å². The van der Waals surface area contributed by atoms with Gasteiger partial charge in [0.1, 0.15) is 5.75 Å². The molecule has 1 amide bonds. The number of amides is 1. The minimum absolute atomic E-state index is 0.109. The zero-order valence-electron chi connectivity index (χ0n) is 15.9. The molecule has 0 spiro atoms. The number of esters is 1. The van der Waals surface area contributed by atoms with Crippen molar-refractivity contribution in [2.24, 2.45) is 5.92 Å². The second kappa shape index (κ2) is 10.7. The third-order valence-electron chi connectivity index (χ3n) is 4.28. The van der Waals surface area contributed by atoms with Gasteiger partial charge in [-0.1, -0.05) is 26.8 Å². The topological polar surface area (TPSA) is 59.1 Å². The van der Waals surface area contributed by atoms with Crippen LogP contribution in [0.5, 0.6) is 5.75 Å². The zero-order valence-corrected chi connectivity index (χ0v) is 15.9. The molecule has 0 aliphatic rings. The van der Waals surface area contributed by atoms with E-state index < -0.39 is 0 Å². The predicted molar refractivity (Wildman–Crippen MR) is 97.9 cm³/mol. The summed E-state index contributed by atoms with van der Waals surface area (Å²) < 4.78 is 10.00. The fourth-order valence-electron chi connectivity index (χ4n) is 2.62. The molecule has 140 valence electrons. The molecule has 0 N–H and O–H groups in total. The van der Waals surface area contributed by atoms with Gasteiger partial charge in [-0.15, -0.1) is 0 Å². The van der Waals surface area contributed by atoms with Gasteiger partial charge in [-0.05, 0) is 31.3 Å². The predicted octanol–water partition coefficient (Wildman–Crippen LogP) is 2.29. The largest absolute Gasteiger partial charge is 0.497 e. The van der Waals surface area contributed by atoms with Crippen LogP contribution in [0.3, 0.4) is 0 Å². The van der Waals surface area contributed by atoms with E-state index in [0.717, 1.165) is 19.6 Å². The van der Waals surface area contributed by atoms with Crippen LogP contribution in [0.15, 0.2) is 24.3 Å². The smallest absolute Gasteiger partial charge is 0.310 e. The molecule has 1 aromatic rings. The molecule has 6 nitrogen and oxygen atoms in total. The number of carbonyl (C=O) groups is 2. The summed E-state index contributed by atoms with van der Waals surface area (Å²) in [6.45, 7) is 9.44. The van der Waals surface area contributed by atoms with Crippen LogP contribution in [0.1, 0.15) is 31.1 Å². The van der Waals surface area contributed by atoms with Crippen LogP contribution >= 0.6 is 0 Å². The number of rotatable bonds is 10. The van der Waals surface area contributed by atoms with Crippen LogP contribution in [0.2, 0.25) is 0 Å². The minimum atomic E-state index is -0.378.